The van der Waals surface area contributed by atoms with E-state index in [-0.39, 0.29) is 10.8 Å². The van der Waals surface area contributed by atoms with Crippen LogP contribution in [0.1, 0.15) is 124 Å². The van der Waals surface area contributed by atoms with Crippen LogP contribution in [0.5, 0.6) is 0 Å². The van der Waals surface area contributed by atoms with E-state index < -0.39 is 8.07 Å². The molecule has 0 aromatic heterocycles. The first-order valence-electron chi connectivity index (χ1n) is 22.9. The highest BCUT2D eigenvalue weighted by Crippen LogP contribution is 2.56. The molecule has 7 aromatic carbocycles. The minimum absolute atomic E-state index is 0.0965. The number of hydrogen-bond donors (Lipinski definition) is 0. The average Bonchev–Trinajstić information content (AvgIpc) is 4.04. The lowest BCUT2D eigenvalue weighted by Gasteiger charge is -2.41. The van der Waals surface area contributed by atoms with Gasteiger partial charge in [0.25, 0.3) is 0 Å². The Hall–Kier alpha value is -4.54. The maximum atomic E-state index is 2.67. The molecule has 0 N–H and O–H groups in total. The lowest BCUT2D eigenvalue weighted by atomic mass is 9.75. The molecule has 2 saturated carbocycles. The van der Waals surface area contributed by atoms with Gasteiger partial charge in [-0.3, -0.25) is 0 Å². The van der Waals surface area contributed by atoms with E-state index in [4.69, 9.17) is 0 Å². The molecule has 3 heteroatoms. The zero-order valence-electron chi connectivity index (χ0n) is 36.1. The molecule has 0 atom stereocenters. The third-order valence-electron chi connectivity index (χ3n) is 15.2. The minimum atomic E-state index is -2.95. The van der Waals surface area contributed by atoms with Crippen LogP contribution in [-0.2, 0) is 10.8 Å². The van der Waals surface area contributed by atoms with E-state index in [1.54, 1.807) is 11.1 Å². The highest BCUT2D eigenvalue weighted by molar-refractivity contribution is 8.00. The van der Waals surface area contributed by atoms with Crippen molar-refractivity contribution in [2.45, 2.75) is 121 Å². The van der Waals surface area contributed by atoms with Crippen molar-refractivity contribution in [2.24, 2.45) is 0 Å². The molecule has 11 rings (SSSR count). The van der Waals surface area contributed by atoms with Gasteiger partial charge in [0.1, 0.15) is 0 Å². The van der Waals surface area contributed by atoms with Crippen LogP contribution >= 0.6 is 23.5 Å². The fraction of sp³-hybridized carbons (Fsp3) is 0.276. The largest absolute Gasteiger partial charge is 0.180 e. The van der Waals surface area contributed by atoms with Gasteiger partial charge in [-0.25, -0.2) is 0 Å². The fourth-order valence-electron chi connectivity index (χ4n) is 12.0. The highest BCUT2D eigenvalue weighted by Gasteiger charge is 2.46. The summed E-state index contributed by atoms with van der Waals surface area (Å²) in [6.45, 7) is 9.82. The molecule has 304 valence electrons. The van der Waals surface area contributed by atoms with E-state index in [1.165, 1.54) is 125 Å². The van der Waals surface area contributed by atoms with Gasteiger partial charge < -0.3 is 0 Å². The second-order valence-electron chi connectivity index (χ2n) is 19.3. The van der Waals surface area contributed by atoms with Crippen LogP contribution in [0.2, 0.25) is 0 Å². The third kappa shape index (κ3) is 6.31. The zero-order valence-corrected chi connectivity index (χ0v) is 38.8. The lowest BCUT2D eigenvalue weighted by Crippen LogP contribution is -2.75. The van der Waals surface area contributed by atoms with Gasteiger partial charge in [-0.15, -0.1) is 0 Å². The zero-order chi connectivity index (χ0) is 41.3. The molecule has 4 aliphatic rings. The molecule has 0 amide bonds. The molecular formula is C58H56S2Si. The van der Waals surface area contributed by atoms with Gasteiger partial charge >= 0.3 is 0 Å². The SMILES string of the molecule is CC1(C)c2ccccc2Sc2c1cccc2[Si](c1ccccc1)(c1ccccc1)c1cccc(-c2c(C3CCCC3)ccc3c2Sc2cc(C4CCCC4)ccc2C3(C)C)c1. The van der Waals surface area contributed by atoms with Crippen LogP contribution in [-0.4, -0.2) is 8.07 Å². The van der Waals surface area contributed by atoms with Gasteiger partial charge in [0, 0.05) is 30.4 Å². The maximum absolute atomic E-state index is 2.95. The van der Waals surface area contributed by atoms with Crippen LogP contribution in [0.15, 0.2) is 177 Å². The number of hydrogen-bond acceptors (Lipinski definition) is 2. The molecule has 0 unspecified atom stereocenters. The predicted octanol–water partition coefficient (Wildman–Crippen LogP) is 13.6. The van der Waals surface area contributed by atoms with Crippen molar-refractivity contribution in [3.63, 3.8) is 0 Å². The Kier molecular flexibility index (Phi) is 9.90. The van der Waals surface area contributed by atoms with E-state index in [0.717, 1.165) is 0 Å². The standard InChI is InChI=1S/C58H56S2Si/c1-57(2)47-29-15-16-31-51(47)59-55-49(57)30-18-32-53(55)61(43-24-7-5-8-25-43,44-26-9-6-10-27-44)45-28-17-23-42(37-45)54-46(40-21-13-14-22-40)34-36-50-56(54)60-52-38-41(39-19-11-12-20-39)33-35-48(52)58(50,3)4/h5-10,15-18,23-40H,11-14,19-22H2,1-4H3. The van der Waals surface area contributed by atoms with Gasteiger partial charge in [-0.05, 0) is 115 Å². The molecule has 2 heterocycles. The Morgan fingerprint density at radius 2 is 0.984 bits per heavy atom. The van der Waals surface area contributed by atoms with Crippen LogP contribution in [0.3, 0.4) is 0 Å². The molecule has 2 aliphatic heterocycles. The first kappa shape index (κ1) is 39.3. The van der Waals surface area contributed by atoms with Crippen molar-refractivity contribution >= 4 is 52.3 Å². The normalized spacial score (nSPS) is 18.0. The highest BCUT2D eigenvalue weighted by atomic mass is 32.2. The molecule has 2 fully saturated rings. The smallest absolute Gasteiger partial charge is 0.0895 e. The Bertz CT molecular complexity index is 2730. The van der Waals surface area contributed by atoms with E-state index in [0.29, 0.717) is 11.8 Å². The summed E-state index contributed by atoms with van der Waals surface area (Å²) in [5.74, 6) is 1.29. The van der Waals surface area contributed by atoms with Crippen molar-refractivity contribution in [1.82, 2.24) is 0 Å². The molecular weight excluding hydrogens is 789 g/mol. The van der Waals surface area contributed by atoms with E-state index in [2.05, 4.69) is 197 Å². The average molecular weight is 845 g/mol. The van der Waals surface area contributed by atoms with E-state index >= 15 is 0 Å². The van der Waals surface area contributed by atoms with Gasteiger partial charge in [-0.1, -0.05) is 222 Å². The van der Waals surface area contributed by atoms with Crippen molar-refractivity contribution in [2.75, 3.05) is 0 Å². The van der Waals surface area contributed by atoms with Crippen LogP contribution in [0.25, 0.3) is 11.1 Å². The van der Waals surface area contributed by atoms with Crippen molar-refractivity contribution in [3.8, 4) is 11.1 Å². The van der Waals surface area contributed by atoms with Crippen LogP contribution in [0, 0.1) is 0 Å². The quantitative estimate of drug-likeness (QED) is 0.116. The first-order chi connectivity index (χ1) is 29.8. The second-order valence-corrected chi connectivity index (χ2v) is 25.2. The lowest BCUT2D eigenvalue weighted by molar-refractivity contribution is 0.603. The Balaban J connectivity index is 1.17. The molecule has 0 bridgehead atoms. The Labute approximate surface area is 373 Å². The van der Waals surface area contributed by atoms with Gasteiger partial charge in [-0.2, -0.15) is 0 Å². The number of rotatable bonds is 7. The minimum Gasteiger partial charge on any atom is -0.0895 e. The van der Waals surface area contributed by atoms with Crippen LogP contribution < -0.4 is 20.7 Å². The summed E-state index contributed by atoms with van der Waals surface area (Å²) >= 11 is 4.07. The topological polar surface area (TPSA) is 0 Å². The molecule has 61 heavy (non-hydrogen) atoms. The third-order valence-corrected chi connectivity index (χ3v) is 22.6. The van der Waals surface area contributed by atoms with E-state index in [9.17, 15) is 0 Å². The number of fused-ring (bicyclic) bond motifs is 4. The summed E-state index contributed by atoms with van der Waals surface area (Å²) in [5, 5.41) is 5.80. The van der Waals surface area contributed by atoms with Crippen molar-refractivity contribution < 1.29 is 0 Å². The molecule has 7 aromatic rings. The van der Waals surface area contributed by atoms with Gasteiger partial charge in [0.15, 0.2) is 8.07 Å². The molecule has 0 spiro atoms. The van der Waals surface area contributed by atoms with Crippen molar-refractivity contribution in [1.29, 1.82) is 0 Å². The molecule has 0 saturated heterocycles. The van der Waals surface area contributed by atoms with E-state index in [1.807, 2.05) is 11.8 Å². The Morgan fingerprint density at radius 1 is 0.443 bits per heavy atom. The Morgan fingerprint density at radius 3 is 1.69 bits per heavy atom. The molecule has 0 nitrogen and oxygen atoms in total. The summed E-state index contributed by atoms with van der Waals surface area (Å²) in [6, 6.07) is 62.3. The molecule has 2 aliphatic carbocycles. The summed E-state index contributed by atoms with van der Waals surface area (Å²) in [7, 11) is -2.95. The van der Waals surface area contributed by atoms with Gasteiger partial charge in [0.2, 0.25) is 0 Å². The first-order valence-corrected chi connectivity index (χ1v) is 26.5. The van der Waals surface area contributed by atoms with Crippen LogP contribution in [0.4, 0.5) is 0 Å². The monoisotopic (exact) mass is 844 g/mol. The number of benzene rings is 7. The second kappa shape index (κ2) is 15.4. The predicted molar refractivity (Wildman–Crippen MR) is 263 cm³/mol. The fourth-order valence-corrected chi connectivity index (χ4v) is 20.5. The summed E-state index contributed by atoms with van der Waals surface area (Å²) < 4.78 is 0. The summed E-state index contributed by atoms with van der Waals surface area (Å²) in [5.41, 5.74) is 11.6. The van der Waals surface area contributed by atoms with Gasteiger partial charge in [0.05, 0.1) is 0 Å². The summed E-state index contributed by atoms with van der Waals surface area (Å²) in [4.78, 5) is 5.77. The maximum Gasteiger partial charge on any atom is 0.180 e. The summed E-state index contributed by atoms with van der Waals surface area (Å²) in [6.07, 6.45) is 10.6. The van der Waals surface area contributed by atoms with Crippen molar-refractivity contribution in [3.05, 3.63) is 191 Å². The molecule has 0 radical (unpaired) electrons.